The Kier molecular flexibility index (Phi) is 3.54. The van der Waals surface area contributed by atoms with Crippen LogP contribution in [0.1, 0.15) is 41.2 Å². The molecule has 0 atom stereocenters. The molecule has 114 valence electrons. The molecule has 0 aliphatic carbocycles. The molecule has 0 saturated carbocycles. The Bertz CT molecular complexity index is 704. The molecule has 2 aliphatic rings. The number of ether oxygens (including phenoxy) is 1. The maximum atomic E-state index is 11.2. The summed E-state index contributed by atoms with van der Waals surface area (Å²) in [5, 5.41) is 1.06. The summed E-state index contributed by atoms with van der Waals surface area (Å²) >= 11 is 0. The van der Waals surface area contributed by atoms with Crippen molar-refractivity contribution >= 4 is 22.9 Å². The van der Waals surface area contributed by atoms with Gasteiger partial charge in [0.05, 0.1) is 11.2 Å². The van der Waals surface area contributed by atoms with Crippen LogP contribution in [0.3, 0.4) is 0 Å². The average Bonchev–Trinajstić information content (AvgIpc) is 2.53. The molecule has 4 nitrogen and oxygen atoms in total. The van der Waals surface area contributed by atoms with Crippen molar-refractivity contribution in [1.82, 2.24) is 4.98 Å². The van der Waals surface area contributed by atoms with Crippen molar-refractivity contribution in [1.29, 1.82) is 0 Å². The number of pyridine rings is 1. The topological polar surface area (TPSA) is 42.4 Å². The molecule has 0 spiro atoms. The Morgan fingerprint density at radius 3 is 2.68 bits per heavy atom. The molecule has 2 fully saturated rings. The van der Waals surface area contributed by atoms with Gasteiger partial charge >= 0.3 is 0 Å². The molecule has 2 saturated heterocycles. The lowest BCUT2D eigenvalue weighted by atomic mass is 9.95. The van der Waals surface area contributed by atoms with Crippen LogP contribution >= 0.6 is 0 Å². The number of fused-ring (bicyclic) bond motifs is 1. The molecule has 3 heterocycles. The van der Waals surface area contributed by atoms with Crippen molar-refractivity contribution < 1.29 is 9.53 Å². The van der Waals surface area contributed by atoms with Crippen molar-refractivity contribution in [3.05, 3.63) is 35.5 Å². The number of nitrogens with zero attached hydrogens (tertiary/aromatic N) is 2. The second-order valence-corrected chi connectivity index (χ2v) is 6.19. The van der Waals surface area contributed by atoms with Crippen LogP contribution in [0.5, 0.6) is 0 Å². The first-order chi connectivity index (χ1) is 10.8. The second-order valence-electron chi connectivity index (χ2n) is 6.19. The number of aldehydes is 1. The van der Waals surface area contributed by atoms with Gasteiger partial charge in [-0.3, -0.25) is 9.78 Å². The van der Waals surface area contributed by atoms with Crippen LogP contribution in [0.4, 0.5) is 5.69 Å². The van der Waals surface area contributed by atoms with Gasteiger partial charge in [0, 0.05) is 48.9 Å². The van der Waals surface area contributed by atoms with E-state index in [0.29, 0.717) is 5.92 Å². The molecule has 4 rings (SSSR count). The zero-order valence-corrected chi connectivity index (χ0v) is 12.6. The van der Waals surface area contributed by atoms with Crippen LogP contribution in [0.15, 0.2) is 24.3 Å². The monoisotopic (exact) mass is 296 g/mol. The fourth-order valence-corrected chi connectivity index (χ4v) is 3.34. The van der Waals surface area contributed by atoms with E-state index in [9.17, 15) is 4.79 Å². The highest BCUT2D eigenvalue weighted by atomic mass is 16.5. The summed E-state index contributed by atoms with van der Waals surface area (Å²) < 4.78 is 5.45. The van der Waals surface area contributed by atoms with Crippen molar-refractivity contribution in [2.45, 2.75) is 25.2 Å². The van der Waals surface area contributed by atoms with E-state index in [4.69, 9.17) is 9.72 Å². The third kappa shape index (κ3) is 2.37. The van der Waals surface area contributed by atoms with Crippen LogP contribution in [-0.4, -0.2) is 37.6 Å². The summed E-state index contributed by atoms with van der Waals surface area (Å²) in [6.45, 7) is 3.77. The van der Waals surface area contributed by atoms with Crippen molar-refractivity contribution in [2.75, 3.05) is 31.2 Å². The van der Waals surface area contributed by atoms with Gasteiger partial charge in [-0.25, -0.2) is 0 Å². The lowest BCUT2D eigenvalue weighted by molar-refractivity contribution is 0.0845. The highest BCUT2D eigenvalue weighted by Crippen LogP contribution is 2.33. The Balaban J connectivity index is 1.80. The lowest BCUT2D eigenvalue weighted by Crippen LogP contribution is -2.37. The number of hydrogen-bond donors (Lipinski definition) is 0. The smallest absolute Gasteiger partial charge is 0.150 e. The molecular weight excluding hydrogens is 276 g/mol. The zero-order valence-electron chi connectivity index (χ0n) is 12.6. The minimum absolute atomic E-state index is 0.494. The highest BCUT2D eigenvalue weighted by Gasteiger charge is 2.21. The SMILES string of the molecule is O=Cc1cc(N2CCC2)c2nc(C3CCOCC3)ccc2c1. The van der Waals surface area contributed by atoms with Gasteiger partial charge in [-0.2, -0.15) is 0 Å². The van der Waals surface area contributed by atoms with Gasteiger partial charge in [-0.1, -0.05) is 6.07 Å². The Hall–Kier alpha value is -1.94. The van der Waals surface area contributed by atoms with Gasteiger partial charge < -0.3 is 9.64 Å². The van der Waals surface area contributed by atoms with E-state index < -0.39 is 0 Å². The molecule has 22 heavy (non-hydrogen) atoms. The van der Waals surface area contributed by atoms with Gasteiger partial charge in [0.15, 0.2) is 0 Å². The highest BCUT2D eigenvalue weighted by molar-refractivity contribution is 5.96. The molecule has 1 aromatic carbocycles. The minimum atomic E-state index is 0.494. The molecule has 0 amide bonds. The fraction of sp³-hybridized carbons (Fsp3) is 0.444. The van der Waals surface area contributed by atoms with Crippen LogP contribution in [0.2, 0.25) is 0 Å². The van der Waals surface area contributed by atoms with Crippen LogP contribution in [-0.2, 0) is 4.74 Å². The summed E-state index contributed by atoms with van der Waals surface area (Å²) in [5.74, 6) is 0.494. The summed E-state index contributed by atoms with van der Waals surface area (Å²) in [7, 11) is 0. The van der Waals surface area contributed by atoms with Crippen molar-refractivity contribution in [2.24, 2.45) is 0 Å². The Morgan fingerprint density at radius 2 is 2.00 bits per heavy atom. The van der Waals surface area contributed by atoms with E-state index in [1.165, 1.54) is 6.42 Å². The zero-order chi connectivity index (χ0) is 14.9. The number of aromatic nitrogens is 1. The van der Waals surface area contributed by atoms with Gasteiger partial charge in [-0.05, 0) is 37.5 Å². The lowest BCUT2D eigenvalue weighted by Gasteiger charge is -2.34. The summed E-state index contributed by atoms with van der Waals surface area (Å²) in [5.41, 5.74) is 4.04. The summed E-state index contributed by atoms with van der Waals surface area (Å²) in [4.78, 5) is 18.5. The van der Waals surface area contributed by atoms with Gasteiger partial charge in [0.25, 0.3) is 0 Å². The number of carbonyl (C=O) groups is 1. The first kappa shape index (κ1) is 13.7. The number of rotatable bonds is 3. The van der Waals surface area contributed by atoms with E-state index >= 15 is 0 Å². The minimum Gasteiger partial charge on any atom is -0.381 e. The molecule has 2 aliphatic heterocycles. The fourth-order valence-electron chi connectivity index (χ4n) is 3.34. The van der Waals surface area contributed by atoms with Gasteiger partial charge in [0.2, 0.25) is 0 Å². The Morgan fingerprint density at radius 1 is 1.18 bits per heavy atom. The summed E-state index contributed by atoms with van der Waals surface area (Å²) in [6.07, 6.45) is 4.23. The molecule has 0 N–H and O–H groups in total. The normalized spacial score (nSPS) is 19.2. The van der Waals surface area contributed by atoms with E-state index in [1.54, 1.807) is 0 Å². The molecule has 0 bridgehead atoms. The van der Waals surface area contributed by atoms with Crippen LogP contribution in [0, 0.1) is 0 Å². The standard InChI is InChI=1S/C18H20N2O2/c21-12-13-10-15-2-3-16(14-4-8-22-9-5-14)19-18(15)17(11-13)20-6-1-7-20/h2-3,10-12,14H,1,4-9H2. The molecule has 0 unspecified atom stereocenters. The molecule has 0 radical (unpaired) electrons. The third-order valence-corrected chi connectivity index (χ3v) is 4.79. The molecule has 1 aromatic heterocycles. The number of carbonyl (C=O) groups excluding carboxylic acids is 1. The van der Waals surface area contributed by atoms with E-state index in [2.05, 4.69) is 17.0 Å². The second kappa shape index (κ2) is 5.69. The number of benzene rings is 1. The van der Waals surface area contributed by atoms with E-state index in [0.717, 1.165) is 73.3 Å². The van der Waals surface area contributed by atoms with Gasteiger partial charge in [-0.15, -0.1) is 0 Å². The molecule has 2 aromatic rings. The predicted octanol–water partition coefficient (Wildman–Crippen LogP) is 3.15. The van der Waals surface area contributed by atoms with E-state index in [1.807, 2.05) is 12.1 Å². The van der Waals surface area contributed by atoms with Crippen molar-refractivity contribution in [3.8, 4) is 0 Å². The van der Waals surface area contributed by atoms with Crippen LogP contribution < -0.4 is 4.90 Å². The first-order valence-electron chi connectivity index (χ1n) is 8.08. The maximum Gasteiger partial charge on any atom is 0.150 e. The largest absolute Gasteiger partial charge is 0.381 e. The quantitative estimate of drug-likeness (QED) is 0.816. The molecular formula is C18H20N2O2. The maximum absolute atomic E-state index is 11.2. The van der Waals surface area contributed by atoms with Gasteiger partial charge in [0.1, 0.15) is 6.29 Å². The number of hydrogen-bond acceptors (Lipinski definition) is 4. The van der Waals surface area contributed by atoms with E-state index in [-0.39, 0.29) is 0 Å². The predicted molar refractivity (Wildman–Crippen MR) is 86.8 cm³/mol. The average molecular weight is 296 g/mol. The van der Waals surface area contributed by atoms with Crippen LogP contribution in [0.25, 0.3) is 10.9 Å². The third-order valence-electron chi connectivity index (χ3n) is 4.79. The molecule has 4 heteroatoms. The number of anilines is 1. The first-order valence-corrected chi connectivity index (χ1v) is 8.08. The summed E-state index contributed by atoms with van der Waals surface area (Å²) in [6, 6.07) is 8.15. The van der Waals surface area contributed by atoms with Crippen molar-refractivity contribution in [3.63, 3.8) is 0 Å². The Labute approximate surface area is 130 Å².